The van der Waals surface area contributed by atoms with Gasteiger partial charge in [0.2, 0.25) is 0 Å². The fraction of sp³-hybridized carbons (Fsp3) is 0. The first-order chi connectivity index (χ1) is 17.8. The van der Waals surface area contributed by atoms with Gasteiger partial charge in [-0.2, -0.15) is 0 Å². The summed E-state index contributed by atoms with van der Waals surface area (Å²) >= 11 is 0. The Morgan fingerprint density at radius 1 is 0.595 bits per heavy atom. The van der Waals surface area contributed by atoms with Crippen LogP contribution in [-0.2, 0) is 0 Å². The summed E-state index contributed by atoms with van der Waals surface area (Å²) in [5, 5.41) is 48.1. The number of hydrogen-bond donors (Lipinski definition) is 2. The molecule has 0 bridgehead atoms. The lowest BCUT2D eigenvalue weighted by molar-refractivity contribution is -0.404. The van der Waals surface area contributed by atoms with Crippen LogP contribution in [0.3, 0.4) is 0 Å². The third kappa shape index (κ3) is 4.00. The van der Waals surface area contributed by atoms with Crippen molar-refractivity contribution in [1.29, 1.82) is 0 Å². The van der Waals surface area contributed by atoms with E-state index in [9.17, 15) is 30.3 Å². The van der Waals surface area contributed by atoms with Gasteiger partial charge in [-0.25, -0.2) is 0 Å². The smallest absolute Gasteiger partial charge is 0.324 e. The van der Waals surface area contributed by atoms with Gasteiger partial charge in [-0.1, -0.05) is 60.7 Å². The Bertz CT molecular complexity index is 1770. The van der Waals surface area contributed by atoms with Crippen molar-refractivity contribution in [2.24, 2.45) is 0 Å². The number of nitro groups is 3. The van der Waals surface area contributed by atoms with Crippen LogP contribution < -0.4 is 0 Å². The topological polar surface area (TPSA) is 165 Å². The molecule has 0 radical (unpaired) electrons. The molecule has 0 aliphatic rings. The maximum Gasteiger partial charge on any atom is 0.324 e. The van der Waals surface area contributed by atoms with Crippen LogP contribution in [0.15, 0.2) is 84.9 Å². The van der Waals surface area contributed by atoms with Crippen molar-refractivity contribution < 1.29 is 19.9 Å². The first-order valence-electron chi connectivity index (χ1n) is 10.9. The molecule has 0 fully saturated rings. The van der Waals surface area contributed by atoms with Gasteiger partial charge in [0, 0.05) is 21.8 Å². The van der Waals surface area contributed by atoms with Gasteiger partial charge in [0.15, 0.2) is 0 Å². The van der Waals surface area contributed by atoms with E-state index in [0.29, 0.717) is 12.1 Å². The molecule has 0 saturated heterocycles. The minimum atomic E-state index is -1.21. The molecule has 1 heterocycles. The Labute approximate surface area is 206 Å². The Morgan fingerprint density at radius 2 is 1.03 bits per heavy atom. The summed E-state index contributed by atoms with van der Waals surface area (Å²) in [6.07, 6.45) is 0. The number of aromatic amines is 1. The molecule has 5 aromatic carbocycles. The molecule has 1 aromatic heterocycles. The molecule has 0 aliphatic heterocycles. The van der Waals surface area contributed by atoms with E-state index in [1.54, 1.807) is 0 Å². The highest BCUT2D eigenvalue weighted by molar-refractivity contribution is 6.27. The highest BCUT2D eigenvalue weighted by atomic mass is 16.6. The number of fused-ring (bicyclic) bond motifs is 7. The van der Waals surface area contributed by atoms with Crippen LogP contribution in [0.1, 0.15) is 0 Å². The van der Waals surface area contributed by atoms with Crippen LogP contribution in [0.25, 0.3) is 43.4 Å². The van der Waals surface area contributed by atoms with Gasteiger partial charge in [0.1, 0.15) is 0 Å². The lowest BCUT2D eigenvalue weighted by atomic mass is 10.00. The highest BCUT2D eigenvalue weighted by Gasteiger charge is 2.30. The molecule has 0 spiro atoms. The minimum Gasteiger partial charge on any atom is -0.497 e. The summed E-state index contributed by atoms with van der Waals surface area (Å²) in [5.41, 5.74) is -0.585. The summed E-state index contributed by atoms with van der Waals surface area (Å²) in [7, 11) is 0. The largest absolute Gasteiger partial charge is 0.497 e. The predicted octanol–water partition coefficient (Wildman–Crippen LogP) is 6.74. The fourth-order valence-corrected chi connectivity index (χ4v) is 4.41. The van der Waals surface area contributed by atoms with E-state index < -0.39 is 37.6 Å². The molecule has 6 rings (SSSR count). The van der Waals surface area contributed by atoms with Gasteiger partial charge in [0.05, 0.1) is 26.9 Å². The zero-order chi connectivity index (χ0) is 26.3. The molecule has 2 N–H and O–H groups in total. The number of hydrogen-bond acceptors (Lipinski definition) is 7. The number of nitrogens with one attached hydrogen (secondary N) is 1. The standard InChI is InChI=1S/C20H13N.C6H3N3O7/c1-3-7-15-13(5-1)9-11-17-19(15)20-16-8-4-2-6-14(16)10-12-18(20)21-17;10-6-4(8(13)14)1-3(7(11)12)2-5(6)9(15)16/h1-12,21H;1-2,10H. The number of nitrogens with zero attached hydrogens (tertiary/aromatic N) is 3. The number of aromatic nitrogens is 1. The third-order valence-corrected chi connectivity index (χ3v) is 6.04. The monoisotopic (exact) mass is 496 g/mol. The van der Waals surface area contributed by atoms with Gasteiger partial charge in [0.25, 0.3) is 11.4 Å². The van der Waals surface area contributed by atoms with Gasteiger partial charge in [-0.05, 0) is 33.7 Å². The number of aromatic hydroxyl groups is 1. The molecule has 37 heavy (non-hydrogen) atoms. The summed E-state index contributed by atoms with van der Waals surface area (Å²) in [6, 6.07) is 26.9. The fourth-order valence-electron chi connectivity index (χ4n) is 4.41. The van der Waals surface area contributed by atoms with Crippen molar-refractivity contribution in [3.63, 3.8) is 0 Å². The van der Waals surface area contributed by atoms with Crippen LogP contribution in [0, 0.1) is 30.3 Å². The number of non-ortho nitro benzene ring substituents is 1. The zero-order valence-electron chi connectivity index (χ0n) is 18.8. The second-order valence-electron chi connectivity index (χ2n) is 8.15. The number of rotatable bonds is 3. The van der Waals surface area contributed by atoms with Gasteiger partial charge >= 0.3 is 11.4 Å². The number of phenols is 1. The van der Waals surface area contributed by atoms with Crippen LogP contribution in [0.2, 0.25) is 0 Å². The van der Waals surface area contributed by atoms with Crippen LogP contribution >= 0.6 is 0 Å². The summed E-state index contributed by atoms with van der Waals surface area (Å²) in [6.45, 7) is 0. The van der Waals surface area contributed by atoms with Gasteiger partial charge < -0.3 is 10.1 Å². The van der Waals surface area contributed by atoms with E-state index in [-0.39, 0.29) is 0 Å². The highest BCUT2D eigenvalue weighted by Crippen LogP contribution is 2.39. The Kier molecular flexibility index (Phi) is 5.57. The van der Waals surface area contributed by atoms with Crippen molar-refractivity contribution in [3.05, 3.63) is 115 Å². The van der Waals surface area contributed by atoms with E-state index in [4.69, 9.17) is 5.11 Å². The summed E-state index contributed by atoms with van der Waals surface area (Å²) in [5.74, 6) is -1.21. The maximum absolute atomic E-state index is 10.4. The molecule has 0 aliphatic carbocycles. The van der Waals surface area contributed by atoms with Gasteiger partial charge in [-0.3, -0.25) is 30.3 Å². The van der Waals surface area contributed by atoms with Crippen molar-refractivity contribution in [1.82, 2.24) is 4.98 Å². The zero-order valence-corrected chi connectivity index (χ0v) is 18.8. The van der Waals surface area contributed by atoms with Gasteiger partial charge in [-0.15, -0.1) is 0 Å². The molecular weight excluding hydrogens is 480 g/mol. The van der Waals surface area contributed by atoms with Crippen LogP contribution in [0.5, 0.6) is 5.75 Å². The third-order valence-electron chi connectivity index (χ3n) is 6.04. The van der Waals surface area contributed by atoms with E-state index in [2.05, 4.69) is 77.8 Å². The second kappa shape index (κ2) is 8.89. The van der Waals surface area contributed by atoms with E-state index in [0.717, 1.165) is 0 Å². The predicted molar refractivity (Wildman–Crippen MR) is 139 cm³/mol. The minimum absolute atomic E-state index is 0.447. The van der Waals surface area contributed by atoms with Crippen molar-refractivity contribution >= 4 is 60.4 Å². The lowest BCUT2D eigenvalue weighted by Crippen LogP contribution is -1.97. The van der Waals surface area contributed by atoms with Crippen molar-refractivity contribution in [2.75, 3.05) is 0 Å². The Morgan fingerprint density at radius 3 is 1.43 bits per heavy atom. The Balaban J connectivity index is 0.000000159. The lowest BCUT2D eigenvalue weighted by Gasteiger charge is -2.02. The van der Waals surface area contributed by atoms with E-state index in [1.165, 1.54) is 43.4 Å². The molecule has 6 aromatic rings. The molecule has 11 heteroatoms. The molecule has 0 atom stereocenters. The molecule has 11 nitrogen and oxygen atoms in total. The quantitative estimate of drug-likeness (QED) is 0.202. The molecular formula is C26H16N4O7. The van der Waals surface area contributed by atoms with Crippen LogP contribution in [-0.4, -0.2) is 24.9 Å². The van der Waals surface area contributed by atoms with E-state index >= 15 is 0 Å². The number of benzene rings is 5. The second-order valence-corrected chi connectivity index (χ2v) is 8.15. The molecule has 0 unspecified atom stereocenters. The number of phenolic OH excluding ortho intramolecular Hbond substituents is 1. The molecule has 0 amide bonds. The normalized spacial score (nSPS) is 10.9. The molecule has 0 saturated carbocycles. The summed E-state index contributed by atoms with van der Waals surface area (Å²) in [4.78, 5) is 31.3. The summed E-state index contributed by atoms with van der Waals surface area (Å²) < 4.78 is 0. The first kappa shape index (κ1) is 23.2. The number of nitro benzene ring substituents is 3. The Hall–Kier alpha value is -5.58. The SMILES string of the molecule is O=[N+]([O-])c1cc([N+](=O)[O-])c(O)c([N+](=O)[O-])c1.c1ccc2c(c1)ccc1[nH]c3ccc4ccccc4c3c12. The first-order valence-corrected chi connectivity index (χ1v) is 10.9. The average molecular weight is 496 g/mol. The van der Waals surface area contributed by atoms with Crippen molar-refractivity contribution in [2.45, 2.75) is 0 Å². The maximum atomic E-state index is 10.4. The van der Waals surface area contributed by atoms with E-state index in [1.807, 2.05) is 0 Å². The van der Waals surface area contributed by atoms with Crippen LogP contribution in [0.4, 0.5) is 17.1 Å². The average Bonchev–Trinajstić information content (AvgIpc) is 3.28. The molecule has 182 valence electrons. The van der Waals surface area contributed by atoms with Crippen molar-refractivity contribution in [3.8, 4) is 5.75 Å². The number of H-pyrrole nitrogens is 1.